The normalized spacial score (nSPS) is 12.6. The summed E-state index contributed by atoms with van der Waals surface area (Å²) in [6.45, 7) is 3.03. The average molecular weight is 465 g/mol. The Morgan fingerprint density at radius 3 is 2.59 bits per heavy atom. The number of terminal acetylenes is 1. The second-order valence-electron chi connectivity index (χ2n) is 6.47. The maximum Gasteiger partial charge on any atom is 0.416 e. The van der Waals surface area contributed by atoms with Crippen LogP contribution in [0.1, 0.15) is 28.6 Å². The molecule has 150 valence electrons. The highest BCUT2D eigenvalue weighted by Crippen LogP contribution is 2.35. The molecule has 3 aromatic rings. The summed E-state index contributed by atoms with van der Waals surface area (Å²) in [5, 5.41) is 3.54. The molecule has 5 nitrogen and oxygen atoms in total. The molecule has 1 N–H and O–H groups in total. The van der Waals surface area contributed by atoms with Crippen LogP contribution in [0.5, 0.6) is 0 Å². The fraction of sp³-hybridized carbons (Fsp3) is 0.250. The summed E-state index contributed by atoms with van der Waals surface area (Å²) < 4.78 is 41.5. The van der Waals surface area contributed by atoms with Crippen molar-refractivity contribution in [3.05, 3.63) is 61.6 Å². The average Bonchev–Trinajstić information content (AvgIpc) is 2.64. The Morgan fingerprint density at radius 2 is 1.97 bits per heavy atom. The van der Waals surface area contributed by atoms with Gasteiger partial charge in [0.15, 0.2) is 0 Å². The van der Waals surface area contributed by atoms with Gasteiger partial charge in [0.2, 0.25) is 0 Å². The smallest absolute Gasteiger partial charge is 0.352 e. The zero-order valence-electron chi connectivity index (χ0n) is 15.7. The van der Waals surface area contributed by atoms with Crippen molar-refractivity contribution in [2.75, 3.05) is 5.32 Å². The lowest BCUT2D eigenvalue weighted by Gasteiger charge is -2.20. The SMILES string of the molecule is C#C[C@@H](Nc1nc(C)nc2c1cc(Br)c(=O)n2C)c1cccc(C(F)(F)F)c1C. The van der Waals surface area contributed by atoms with Crippen molar-refractivity contribution in [1.82, 2.24) is 14.5 Å². The molecule has 0 aliphatic heterocycles. The van der Waals surface area contributed by atoms with E-state index in [0.29, 0.717) is 32.7 Å². The van der Waals surface area contributed by atoms with E-state index in [4.69, 9.17) is 6.42 Å². The molecule has 0 radical (unpaired) electrons. The second-order valence-corrected chi connectivity index (χ2v) is 7.33. The van der Waals surface area contributed by atoms with Gasteiger partial charge in [-0.25, -0.2) is 9.97 Å². The first kappa shape index (κ1) is 20.9. The predicted molar refractivity (Wildman–Crippen MR) is 109 cm³/mol. The fourth-order valence-corrected chi connectivity index (χ4v) is 3.62. The highest BCUT2D eigenvalue weighted by molar-refractivity contribution is 9.10. The van der Waals surface area contributed by atoms with Crippen molar-refractivity contribution < 1.29 is 13.2 Å². The Hall–Kier alpha value is -2.86. The first-order chi connectivity index (χ1) is 13.5. The molecule has 29 heavy (non-hydrogen) atoms. The number of aromatic nitrogens is 3. The maximum absolute atomic E-state index is 13.3. The first-order valence-electron chi connectivity index (χ1n) is 8.47. The molecular formula is C20H16BrF3N4O. The summed E-state index contributed by atoms with van der Waals surface area (Å²) in [6, 6.07) is 4.58. The summed E-state index contributed by atoms with van der Waals surface area (Å²) in [7, 11) is 1.57. The zero-order valence-corrected chi connectivity index (χ0v) is 17.3. The molecule has 9 heteroatoms. The Labute approximate surface area is 173 Å². The summed E-state index contributed by atoms with van der Waals surface area (Å²) in [4.78, 5) is 20.8. The molecule has 0 fully saturated rings. The molecule has 3 rings (SSSR count). The van der Waals surface area contributed by atoms with Gasteiger partial charge in [0.25, 0.3) is 5.56 Å². The number of alkyl halides is 3. The van der Waals surface area contributed by atoms with Crippen LogP contribution >= 0.6 is 15.9 Å². The Balaban J connectivity index is 2.16. The number of fused-ring (bicyclic) bond motifs is 1. The number of halogens is 4. The number of aryl methyl sites for hydroxylation is 2. The minimum absolute atomic E-state index is 0.0408. The van der Waals surface area contributed by atoms with Crippen LogP contribution in [0.25, 0.3) is 11.0 Å². The number of rotatable bonds is 3. The Kier molecular flexibility index (Phi) is 5.41. The maximum atomic E-state index is 13.3. The standard InChI is InChI=1S/C20H16BrF3N4O/c1-5-16(12-7-6-8-14(10(12)2)20(22,23)24)27-17-13-9-15(21)19(29)28(4)18(13)26-11(3)25-17/h1,6-9,16H,2-4H3,(H,25,26,27)/t16-/m1/s1. The van der Waals surface area contributed by atoms with Gasteiger partial charge < -0.3 is 5.32 Å². The van der Waals surface area contributed by atoms with E-state index in [0.717, 1.165) is 6.07 Å². The van der Waals surface area contributed by atoms with E-state index in [1.165, 1.54) is 17.6 Å². The van der Waals surface area contributed by atoms with Crippen molar-refractivity contribution in [3.63, 3.8) is 0 Å². The van der Waals surface area contributed by atoms with E-state index in [-0.39, 0.29) is 11.1 Å². The molecule has 0 bridgehead atoms. The molecule has 0 aliphatic carbocycles. The molecule has 2 aromatic heterocycles. The van der Waals surface area contributed by atoms with Gasteiger partial charge in [-0.2, -0.15) is 13.2 Å². The lowest BCUT2D eigenvalue weighted by atomic mass is 9.96. The second kappa shape index (κ2) is 7.52. The third-order valence-corrected chi connectivity index (χ3v) is 5.14. The number of nitrogens with zero attached hydrogens (tertiary/aromatic N) is 3. The number of hydrogen-bond acceptors (Lipinski definition) is 4. The van der Waals surface area contributed by atoms with E-state index in [9.17, 15) is 18.0 Å². The molecular weight excluding hydrogens is 449 g/mol. The monoisotopic (exact) mass is 464 g/mol. The molecule has 1 atom stereocenters. The van der Waals surface area contributed by atoms with E-state index >= 15 is 0 Å². The van der Waals surface area contributed by atoms with Crippen LogP contribution < -0.4 is 10.9 Å². The van der Waals surface area contributed by atoms with Crippen LogP contribution in [0.2, 0.25) is 0 Å². The van der Waals surface area contributed by atoms with Crippen LogP contribution in [0.3, 0.4) is 0 Å². The summed E-state index contributed by atoms with van der Waals surface area (Å²) in [6.07, 6.45) is 1.16. The lowest BCUT2D eigenvalue weighted by molar-refractivity contribution is -0.138. The van der Waals surface area contributed by atoms with Crippen molar-refractivity contribution >= 4 is 32.8 Å². The minimum atomic E-state index is -4.49. The highest BCUT2D eigenvalue weighted by atomic mass is 79.9. The van der Waals surface area contributed by atoms with Gasteiger partial charge in [-0.3, -0.25) is 9.36 Å². The minimum Gasteiger partial charge on any atom is -0.352 e. The molecule has 0 unspecified atom stereocenters. The largest absolute Gasteiger partial charge is 0.416 e. The van der Waals surface area contributed by atoms with Crippen molar-refractivity contribution in [1.29, 1.82) is 0 Å². The van der Waals surface area contributed by atoms with Crippen molar-refractivity contribution in [3.8, 4) is 12.3 Å². The topological polar surface area (TPSA) is 59.8 Å². The van der Waals surface area contributed by atoms with Crippen LogP contribution in [0.4, 0.5) is 19.0 Å². The van der Waals surface area contributed by atoms with Crippen LogP contribution in [-0.4, -0.2) is 14.5 Å². The van der Waals surface area contributed by atoms with E-state index < -0.39 is 17.8 Å². The van der Waals surface area contributed by atoms with Gasteiger partial charge in [-0.15, -0.1) is 6.42 Å². The Bertz CT molecular complexity index is 1210. The number of nitrogens with one attached hydrogen (secondary N) is 1. The fourth-order valence-electron chi connectivity index (χ4n) is 3.13. The molecule has 0 saturated heterocycles. The van der Waals surface area contributed by atoms with Gasteiger partial charge in [-0.05, 0) is 53.0 Å². The van der Waals surface area contributed by atoms with E-state index in [1.807, 2.05) is 0 Å². The predicted octanol–water partition coefficient (Wildman–Crippen LogP) is 4.51. The van der Waals surface area contributed by atoms with Gasteiger partial charge >= 0.3 is 6.18 Å². The molecule has 1 aromatic carbocycles. The number of anilines is 1. The van der Waals surface area contributed by atoms with Crippen LogP contribution in [0.15, 0.2) is 33.5 Å². The van der Waals surface area contributed by atoms with Gasteiger partial charge in [-0.1, -0.05) is 18.1 Å². The zero-order chi connectivity index (χ0) is 21.5. The van der Waals surface area contributed by atoms with Gasteiger partial charge in [0, 0.05) is 7.05 Å². The molecule has 0 spiro atoms. The van der Waals surface area contributed by atoms with Gasteiger partial charge in [0.1, 0.15) is 23.3 Å². The molecule has 0 saturated carbocycles. The van der Waals surface area contributed by atoms with Crippen molar-refractivity contribution in [2.45, 2.75) is 26.1 Å². The van der Waals surface area contributed by atoms with Crippen molar-refractivity contribution in [2.24, 2.45) is 7.05 Å². The van der Waals surface area contributed by atoms with Crippen LogP contribution in [0, 0.1) is 26.2 Å². The summed E-state index contributed by atoms with van der Waals surface area (Å²) in [5.41, 5.74) is -0.283. The Morgan fingerprint density at radius 1 is 1.28 bits per heavy atom. The first-order valence-corrected chi connectivity index (χ1v) is 9.27. The number of hydrogen-bond donors (Lipinski definition) is 1. The quantitative estimate of drug-likeness (QED) is 0.579. The molecule has 0 amide bonds. The lowest BCUT2D eigenvalue weighted by Crippen LogP contribution is -2.20. The van der Waals surface area contributed by atoms with E-state index in [2.05, 4.69) is 37.1 Å². The summed E-state index contributed by atoms with van der Waals surface area (Å²) in [5.74, 6) is 3.20. The van der Waals surface area contributed by atoms with E-state index in [1.54, 1.807) is 26.1 Å². The molecule has 2 heterocycles. The highest BCUT2D eigenvalue weighted by Gasteiger charge is 2.33. The van der Waals surface area contributed by atoms with Crippen LogP contribution in [-0.2, 0) is 13.2 Å². The summed E-state index contributed by atoms with van der Waals surface area (Å²) >= 11 is 3.21. The third-order valence-electron chi connectivity index (χ3n) is 4.57. The number of benzene rings is 1. The third kappa shape index (κ3) is 3.85. The van der Waals surface area contributed by atoms with Gasteiger partial charge in [0.05, 0.1) is 15.4 Å². The number of pyridine rings is 1. The molecule has 0 aliphatic rings.